The lowest BCUT2D eigenvalue weighted by molar-refractivity contribution is -0.124. The Morgan fingerprint density at radius 2 is 2.47 bits per heavy atom. The molecule has 1 fully saturated rings. The molecule has 1 aliphatic heterocycles. The Morgan fingerprint density at radius 3 is 3.18 bits per heavy atom. The molecule has 92 valence electrons. The number of ether oxygens (including phenoxy) is 1. The Balaban J connectivity index is 2.24. The number of rotatable bonds is 2. The minimum Gasteiger partial charge on any atom is -0.384 e. The number of amides is 1. The number of nitrogens with one attached hydrogen (secondary N) is 1. The molecule has 1 amide bonds. The number of morpholine rings is 1. The van der Waals surface area contributed by atoms with Gasteiger partial charge in [-0.3, -0.25) is 4.79 Å². The van der Waals surface area contributed by atoms with Gasteiger partial charge in [-0.25, -0.2) is 4.98 Å². The van der Waals surface area contributed by atoms with E-state index in [9.17, 15) is 4.79 Å². The molecule has 17 heavy (non-hydrogen) atoms. The first-order chi connectivity index (χ1) is 8.22. The lowest BCUT2D eigenvalue weighted by atomic mass is 10.2. The first kappa shape index (κ1) is 11.7. The van der Waals surface area contributed by atoms with Crippen LogP contribution in [0.4, 0.5) is 11.6 Å². The Morgan fingerprint density at radius 1 is 1.65 bits per heavy atom. The van der Waals surface area contributed by atoms with Crippen molar-refractivity contribution >= 4 is 17.5 Å². The van der Waals surface area contributed by atoms with Crippen LogP contribution >= 0.6 is 0 Å². The molecule has 1 aromatic rings. The second-order valence-electron chi connectivity index (χ2n) is 3.82. The maximum atomic E-state index is 11.7. The van der Waals surface area contributed by atoms with Crippen molar-refractivity contribution in [3.8, 4) is 0 Å². The molecule has 1 saturated heterocycles. The summed E-state index contributed by atoms with van der Waals surface area (Å²) in [6.07, 6.45) is 0. The molecule has 1 unspecified atom stereocenters. The van der Waals surface area contributed by atoms with Crippen LogP contribution < -0.4 is 16.0 Å². The van der Waals surface area contributed by atoms with E-state index >= 15 is 0 Å². The van der Waals surface area contributed by atoms with Crippen molar-refractivity contribution < 1.29 is 9.53 Å². The first-order valence-electron chi connectivity index (χ1n) is 5.51. The van der Waals surface area contributed by atoms with Crippen LogP contribution in [0.3, 0.4) is 0 Å². The number of nitrogen functional groups attached to an aromatic ring is 1. The molecule has 0 bridgehead atoms. The van der Waals surface area contributed by atoms with E-state index in [0.717, 1.165) is 0 Å². The van der Waals surface area contributed by atoms with Crippen molar-refractivity contribution in [2.45, 2.75) is 6.04 Å². The summed E-state index contributed by atoms with van der Waals surface area (Å²) in [7, 11) is 1.61. The van der Waals surface area contributed by atoms with Gasteiger partial charge in [0, 0.05) is 13.6 Å². The number of hydrogen-bond acceptors (Lipinski definition) is 5. The first-order valence-corrected chi connectivity index (χ1v) is 5.51. The van der Waals surface area contributed by atoms with E-state index in [1.807, 2.05) is 17.0 Å². The molecule has 0 saturated carbocycles. The van der Waals surface area contributed by atoms with Gasteiger partial charge in [0.25, 0.3) is 0 Å². The van der Waals surface area contributed by atoms with E-state index < -0.39 is 0 Å². The average Bonchev–Trinajstić information content (AvgIpc) is 2.38. The predicted molar refractivity (Wildman–Crippen MR) is 64.7 cm³/mol. The van der Waals surface area contributed by atoms with Crippen molar-refractivity contribution in [2.24, 2.45) is 0 Å². The number of aromatic nitrogens is 1. The molecule has 1 atom stereocenters. The van der Waals surface area contributed by atoms with Crippen LogP contribution in [0.25, 0.3) is 0 Å². The van der Waals surface area contributed by atoms with Gasteiger partial charge >= 0.3 is 0 Å². The molecule has 1 aromatic heterocycles. The van der Waals surface area contributed by atoms with Gasteiger partial charge in [0.15, 0.2) is 0 Å². The van der Waals surface area contributed by atoms with Crippen LogP contribution in [0.1, 0.15) is 0 Å². The molecule has 1 aliphatic rings. The highest BCUT2D eigenvalue weighted by Crippen LogP contribution is 2.18. The minimum atomic E-state index is -0.344. The number of pyridine rings is 1. The molecule has 0 aliphatic carbocycles. The summed E-state index contributed by atoms with van der Waals surface area (Å²) < 4.78 is 5.33. The molecule has 0 radical (unpaired) electrons. The van der Waals surface area contributed by atoms with Crippen LogP contribution in [0.5, 0.6) is 0 Å². The molecule has 2 rings (SSSR count). The van der Waals surface area contributed by atoms with E-state index in [0.29, 0.717) is 31.4 Å². The van der Waals surface area contributed by atoms with Crippen molar-refractivity contribution in [1.29, 1.82) is 0 Å². The zero-order valence-corrected chi connectivity index (χ0v) is 9.72. The van der Waals surface area contributed by atoms with Gasteiger partial charge in [-0.15, -0.1) is 0 Å². The summed E-state index contributed by atoms with van der Waals surface area (Å²) in [6, 6.07) is 5.05. The predicted octanol–water partition coefficient (Wildman–Crippen LogP) is -0.385. The second-order valence-corrected chi connectivity index (χ2v) is 3.82. The van der Waals surface area contributed by atoms with E-state index in [1.54, 1.807) is 13.1 Å². The van der Waals surface area contributed by atoms with E-state index in [1.165, 1.54) is 0 Å². The van der Waals surface area contributed by atoms with E-state index in [-0.39, 0.29) is 11.9 Å². The molecule has 0 spiro atoms. The third-order valence-corrected chi connectivity index (χ3v) is 2.73. The monoisotopic (exact) mass is 236 g/mol. The molecule has 2 heterocycles. The minimum absolute atomic E-state index is 0.0751. The van der Waals surface area contributed by atoms with Gasteiger partial charge in [0.1, 0.15) is 17.7 Å². The summed E-state index contributed by atoms with van der Waals surface area (Å²) in [6.45, 7) is 1.59. The molecule has 6 nitrogen and oxygen atoms in total. The van der Waals surface area contributed by atoms with Crippen LogP contribution in [-0.4, -0.2) is 43.7 Å². The Labute approximate surface area is 99.8 Å². The third kappa shape index (κ3) is 2.47. The summed E-state index contributed by atoms with van der Waals surface area (Å²) in [5, 5.41) is 2.63. The molecule has 6 heteroatoms. The van der Waals surface area contributed by atoms with Gasteiger partial charge in [-0.05, 0) is 12.1 Å². The van der Waals surface area contributed by atoms with Gasteiger partial charge in [-0.2, -0.15) is 0 Å². The summed E-state index contributed by atoms with van der Waals surface area (Å²) in [5.41, 5.74) is 5.65. The molecule has 3 N–H and O–H groups in total. The Kier molecular flexibility index (Phi) is 3.43. The number of hydrogen-bond donors (Lipinski definition) is 2. The Hall–Kier alpha value is -1.82. The normalized spacial score (nSPS) is 20.1. The maximum absolute atomic E-state index is 11.7. The van der Waals surface area contributed by atoms with Crippen LogP contribution in [0, 0.1) is 0 Å². The maximum Gasteiger partial charge on any atom is 0.244 e. The lowest BCUT2D eigenvalue weighted by Crippen LogP contribution is -2.53. The summed E-state index contributed by atoms with van der Waals surface area (Å²) in [4.78, 5) is 17.9. The topological polar surface area (TPSA) is 80.5 Å². The fraction of sp³-hybridized carbons (Fsp3) is 0.455. The highest BCUT2D eigenvalue weighted by molar-refractivity contribution is 5.85. The fourth-order valence-electron chi connectivity index (χ4n) is 1.86. The number of carbonyl (C=O) groups is 1. The Bertz CT molecular complexity index is 410. The second kappa shape index (κ2) is 5.01. The molecule has 0 aromatic carbocycles. The molecular weight excluding hydrogens is 220 g/mol. The van der Waals surface area contributed by atoms with Crippen molar-refractivity contribution in [3.05, 3.63) is 18.2 Å². The average molecular weight is 236 g/mol. The largest absolute Gasteiger partial charge is 0.384 e. The summed E-state index contributed by atoms with van der Waals surface area (Å²) >= 11 is 0. The zero-order valence-electron chi connectivity index (χ0n) is 9.72. The van der Waals surface area contributed by atoms with Crippen molar-refractivity contribution in [3.63, 3.8) is 0 Å². The highest BCUT2D eigenvalue weighted by atomic mass is 16.5. The van der Waals surface area contributed by atoms with Crippen LogP contribution in [0.2, 0.25) is 0 Å². The van der Waals surface area contributed by atoms with Gasteiger partial charge in [0.05, 0.1) is 13.2 Å². The van der Waals surface area contributed by atoms with Gasteiger partial charge in [0.2, 0.25) is 5.91 Å². The fourth-order valence-corrected chi connectivity index (χ4v) is 1.86. The number of nitrogens with two attached hydrogens (primary N) is 1. The van der Waals surface area contributed by atoms with E-state index in [2.05, 4.69) is 10.3 Å². The van der Waals surface area contributed by atoms with Crippen molar-refractivity contribution in [2.75, 3.05) is 37.4 Å². The number of anilines is 2. The van der Waals surface area contributed by atoms with Crippen LogP contribution in [-0.2, 0) is 9.53 Å². The highest BCUT2D eigenvalue weighted by Gasteiger charge is 2.29. The standard InChI is InChI=1S/C11H16N4O2/c1-13-11(16)8-7-17-6-5-15(8)10-4-2-3-9(12)14-10/h2-4,8H,5-7H2,1H3,(H2,12,14)(H,13,16). The van der Waals surface area contributed by atoms with E-state index in [4.69, 9.17) is 10.5 Å². The zero-order chi connectivity index (χ0) is 12.3. The third-order valence-electron chi connectivity index (χ3n) is 2.73. The SMILES string of the molecule is CNC(=O)C1COCCN1c1cccc(N)n1. The number of likely N-dealkylation sites (N-methyl/N-ethyl adjacent to an activating group) is 1. The number of nitrogens with zero attached hydrogens (tertiary/aromatic N) is 2. The van der Waals surface area contributed by atoms with Crippen molar-refractivity contribution in [1.82, 2.24) is 10.3 Å². The van der Waals surface area contributed by atoms with Gasteiger partial charge in [-0.1, -0.05) is 6.07 Å². The van der Waals surface area contributed by atoms with Gasteiger partial charge < -0.3 is 20.7 Å². The smallest absolute Gasteiger partial charge is 0.244 e. The number of carbonyl (C=O) groups excluding carboxylic acids is 1. The summed E-state index contributed by atoms with van der Waals surface area (Å²) in [5.74, 6) is 1.08. The molecular formula is C11H16N4O2. The lowest BCUT2D eigenvalue weighted by Gasteiger charge is -2.35. The quantitative estimate of drug-likeness (QED) is 0.731. The van der Waals surface area contributed by atoms with Crippen LogP contribution in [0.15, 0.2) is 18.2 Å².